The Labute approximate surface area is 226 Å². The summed E-state index contributed by atoms with van der Waals surface area (Å²) in [4.78, 5) is 17.7. The summed E-state index contributed by atoms with van der Waals surface area (Å²) in [6, 6.07) is 26.6. The largest absolute Gasteiger partial charge is 0.462 e. The zero-order chi connectivity index (χ0) is 27.6. The highest BCUT2D eigenvalue weighted by atomic mass is 19.1. The lowest BCUT2D eigenvalue weighted by Gasteiger charge is -2.31. The van der Waals surface area contributed by atoms with Gasteiger partial charge in [0.15, 0.2) is 0 Å². The van der Waals surface area contributed by atoms with Gasteiger partial charge in [0, 0.05) is 22.8 Å². The summed E-state index contributed by atoms with van der Waals surface area (Å²) in [7, 11) is 0. The fourth-order valence-electron chi connectivity index (χ4n) is 4.82. The normalized spacial score (nSPS) is 12.6. The molecule has 0 saturated carbocycles. The van der Waals surface area contributed by atoms with Gasteiger partial charge in [0.25, 0.3) is 0 Å². The first kappa shape index (κ1) is 26.1. The van der Waals surface area contributed by atoms with Crippen LogP contribution in [-0.2, 0) is 10.3 Å². The summed E-state index contributed by atoms with van der Waals surface area (Å²) >= 11 is 0. The van der Waals surface area contributed by atoms with Crippen LogP contribution in [0.2, 0.25) is 0 Å². The van der Waals surface area contributed by atoms with Crippen LogP contribution in [0.5, 0.6) is 0 Å². The van der Waals surface area contributed by atoms with Gasteiger partial charge in [0.2, 0.25) is 0 Å². The zero-order valence-corrected chi connectivity index (χ0v) is 22.0. The van der Waals surface area contributed by atoms with Gasteiger partial charge in [-0.2, -0.15) is 0 Å². The number of benzene rings is 4. The number of para-hydroxylation sites is 2. The molecule has 0 spiro atoms. The number of aliphatic hydroxyl groups is 1. The van der Waals surface area contributed by atoms with E-state index in [1.165, 1.54) is 18.3 Å². The average Bonchev–Trinajstić information content (AvgIpc) is 2.94. The third-order valence-corrected chi connectivity index (χ3v) is 6.92. The van der Waals surface area contributed by atoms with E-state index in [4.69, 9.17) is 4.74 Å². The number of hydrogen-bond acceptors (Lipinski definition) is 5. The number of ether oxygens (including phenoxy) is 1. The Kier molecular flexibility index (Phi) is 7.13. The molecule has 39 heavy (non-hydrogen) atoms. The van der Waals surface area contributed by atoms with Crippen LogP contribution in [0.4, 0.5) is 15.8 Å². The number of pyridine rings is 1. The lowest BCUT2D eigenvalue weighted by atomic mass is 9.79. The zero-order valence-electron chi connectivity index (χ0n) is 22.0. The Balaban J connectivity index is 1.80. The van der Waals surface area contributed by atoms with Crippen LogP contribution in [0.15, 0.2) is 97.2 Å². The Morgan fingerprint density at radius 3 is 2.26 bits per heavy atom. The molecule has 1 aromatic heterocycles. The molecule has 5 rings (SSSR count). The molecule has 0 bridgehead atoms. The maximum atomic E-state index is 13.9. The maximum Gasteiger partial charge on any atom is 0.341 e. The van der Waals surface area contributed by atoms with Crippen molar-refractivity contribution in [3.63, 3.8) is 0 Å². The quantitative estimate of drug-likeness (QED) is 0.175. The van der Waals surface area contributed by atoms with Crippen molar-refractivity contribution in [3.8, 4) is 0 Å². The smallest absolute Gasteiger partial charge is 0.341 e. The molecular weight excluding hydrogens is 491 g/mol. The number of rotatable bonds is 7. The number of fused-ring (bicyclic) bond motifs is 1. The van der Waals surface area contributed by atoms with Crippen molar-refractivity contribution in [2.45, 2.75) is 26.4 Å². The van der Waals surface area contributed by atoms with Gasteiger partial charge < -0.3 is 15.2 Å². The van der Waals surface area contributed by atoms with Gasteiger partial charge in [-0.3, -0.25) is 4.98 Å². The molecule has 0 radical (unpaired) electrons. The molecule has 5 aromatic rings. The molecule has 0 aliphatic carbocycles. The van der Waals surface area contributed by atoms with Crippen molar-refractivity contribution in [2.75, 3.05) is 11.9 Å². The standard InChI is InChI=1S/C33H29FN2O3/c1-4-39-32(37)27-20-35-31-26(30(27)36-29-11-6-5-8-22(29)3)9-7-10-28(31)33(38,23-14-12-21(2)13-15-23)24-16-18-25(34)19-17-24/h5-20,38H,4H2,1-3H3,(H,35,36). The summed E-state index contributed by atoms with van der Waals surface area (Å²) in [6.45, 7) is 5.92. The average molecular weight is 521 g/mol. The van der Waals surface area contributed by atoms with E-state index < -0.39 is 17.4 Å². The van der Waals surface area contributed by atoms with Crippen LogP contribution in [0, 0.1) is 19.7 Å². The molecule has 5 nitrogen and oxygen atoms in total. The molecular formula is C33H29FN2O3. The predicted molar refractivity (Wildman–Crippen MR) is 152 cm³/mol. The van der Waals surface area contributed by atoms with E-state index in [9.17, 15) is 14.3 Å². The van der Waals surface area contributed by atoms with Crippen molar-refractivity contribution in [1.29, 1.82) is 0 Å². The fourth-order valence-corrected chi connectivity index (χ4v) is 4.82. The number of nitrogens with one attached hydrogen (secondary N) is 1. The topological polar surface area (TPSA) is 71.5 Å². The second-order valence-corrected chi connectivity index (χ2v) is 9.49. The van der Waals surface area contributed by atoms with Crippen molar-refractivity contribution in [2.24, 2.45) is 0 Å². The van der Waals surface area contributed by atoms with E-state index in [-0.39, 0.29) is 12.2 Å². The Bertz CT molecular complexity index is 1600. The number of nitrogens with zero attached hydrogens (tertiary/aromatic N) is 1. The second kappa shape index (κ2) is 10.7. The van der Waals surface area contributed by atoms with Crippen LogP contribution < -0.4 is 5.32 Å². The van der Waals surface area contributed by atoms with E-state index in [1.807, 2.05) is 74.5 Å². The minimum atomic E-state index is -1.65. The first-order chi connectivity index (χ1) is 18.8. The SMILES string of the molecule is CCOC(=O)c1cnc2c(C(O)(c3ccc(C)cc3)c3ccc(F)cc3)cccc2c1Nc1ccccc1C. The fraction of sp³-hybridized carbons (Fsp3) is 0.152. The number of carbonyl (C=O) groups is 1. The monoisotopic (exact) mass is 520 g/mol. The summed E-state index contributed by atoms with van der Waals surface area (Å²) in [5.41, 5.74) is 4.11. The third kappa shape index (κ3) is 4.87. The number of hydrogen-bond donors (Lipinski definition) is 2. The first-order valence-electron chi connectivity index (χ1n) is 12.8. The molecule has 196 valence electrons. The van der Waals surface area contributed by atoms with Crippen LogP contribution >= 0.6 is 0 Å². The van der Waals surface area contributed by atoms with E-state index in [1.54, 1.807) is 25.1 Å². The minimum absolute atomic E-state index is 0.221. The number of carbonyl (C=O) groups excluding carboxylic acids is 1. The van der Waals surface area contributed by atoms with E-state index >= 15 is 0 Å². The van der Waals surface area contributed by atoms with Crippen LogP contribution in [0.1, 0.15) is 45.1 Å². The number of aryl methyl sites for hydroxylation is 2. The van der Waals surface area contributed by atoms with Gasteiger partial charge in [-0.25, -0.2) is 9.18 Å². The van der Waals surface area contributed by atoms with Crippen molar-refractivity contribution in [1.82, 2.24) is 4.98 Å². The Morgan fingerprint density at radius 2 is 1.59 bits per heavy atom. The van der Waals surface area contributed by atoms with Crippen molar-refractivity contribution < 1.29 is 19.0 Å². The molecule has 0 amide bonds. The van der Waals surface area contributed by atoms with Gasteiger partial charge in [-0.05, 0) is 55.7 Å². The molecule has 0 aliphatic rings. The van der Waals surface area contributed by atoms with Crippen molar-refractivity contribution in [3.05, 3.63) is 136 Å². The summed E-state index contributed by atoms with van der Waals surface area (Å²) < 4.78 is 19.3. The van der Waals surface area contributed by atoms with Gasteiger partial charge in [-0.15, -0.1) is 0 Å². The Morgan fingerprint density at radius 1 is 0.923 bits per heavy atom. The highest BCUT2D eigenvalue weighted by Crippen LogP contribution is 2.42. The van der Waals surface area contributed by atoms with Gasteiger partial charge in [0.05, 0.1) is 17.8 Å². The summed E-state index contributed by atoms with van der Waals surface area (Å²) in [5.74, 6) is -0.898. The third-order valence-electron chi connectivity index (χ3n) is 6.92. The lowest BCUT2D eigenvalue weighted by Crippen LogP contribution is -2.29. The highest BCUT2D eigenvalue weighted by Gasteiger charge is 2.36. The van der Waals surface area contributed by atoms with Crippen molar-refractivity contribution >= 4 is 28.2 Å². The minimum Gasteiger partial charge on any atom is -0.462 e. The highest BCUT2D eigenvalue weighted by molar-refractivity contribution is 6.07. The molecule has 0 fully saturated rings. The number of aromatic nitrogens is 1. The van der Waals surface area contributed by atoms with Crippen LogP contribution in [-0.4, -0.2) is 22.7 Å². The van der Waals surface area contributed by atoms with E-state index in [0.717, 1.165) is 16.8 Å². The Hall–Kier alpha value is -4.55. The number of esters is 1. The van der Waals surface area contributed by atoms with E-state index in [0.29, 0.717) is 33.3 Å². The van der Waals surface area contributed by atoms with Gasteiger partial charge in [0.1, 0.15) is 17.0 Å². The van der Waals surface area contributed by atoms with Crippen LogP contribution in [0.3, 0.4) is 0 Å². The summed E-state index contributed by atoms with van der Waals surface area (Å²) in [6.07, 6.45) is 1.48. The molecule has 1 atom stereocenters. The number of anilines is 2. The van der Waals surface area contributed by atoms with E-state index in [2.05, 4.69) is 10.3 Å². The van der Waals surface area contributed by atoms with Crippen LogP contribution in [0.25, 0.3) is 10.9 Å². The number of halogens is 1. The molecule has 6 heteroatoms. The second-order valence-electron chi connectivity index (χ2n) is 9.49. The van der Waals surface area contributed by atoms with Gasteiger partial charge >= 0.3 is 5.97 Å². The first-order valence-corrected chi connectivity index (χ1v) is 12.8. The van der Waals surface area contributed by atoms with Gasteiger partial charge in [-0.1, -0.05) is 78.4 Å². The summed E-state index contributed by atoms with van der Waals surface area (Å²) in [5, 5.41) is 16.6. The molecule has 0 saturated heterocycles. The molecule has 4 aromatic carbocycles. The molecule has 1 heterocycles. The molecule has 0 aliphatic heterocycles. The molecule has 1 unspecified atom stereocenters. The molecule has 2 N–H and O–H groups in total. The maximum absolute atomic E-state index is 13.9. The predicted octanol–water partition coefficient (Wildman–Crippen LogP) is 7.20. The lowest BCUT2D eigenvalue weighted by molar-refractivity contribution is 0.0527.